The van der Waals surface area contributed by atoms with Crippen LogP contribution in [0.4, 0.5) is 41.6 Å². The van der Waals surface area contributed by atoms with Crippen molar-refractivity contribution >= 4 is 75.1 Å². The van der Waals surface area contributed by atoms with Gasteiger partial charge in [0.15, 0.2) is 5.78 Å². The standard InChI is InChI=1S/C24H21FN2O3.C23H18FN3O2.C18H15FN2O.C4H7NO.C2H4O2.CO2/c25-17-5-9-19(10-6-17)30-20-11-7-18(8-12-20)26-21-4-2-1-3-16(21)15-23(28)22-13-14-24(29)27-22;24-15-5-9-17(10-6-15)29-18-11-7-16(8-12-18)27-21-4-2-1-3-19(21)26-23(27)20-13-14-22(28)25-20;19-13-5-9-15(10-6-13)22-16-11-7-14(8-12-16)21-18-4-2-1-3-17(18)20;6-4-2-1-3-5-4;1-2(3)4;2-1-3/h1-12,22,26H,13-15H2,(H,27,29);1-12,20H,13-14H2,(H,25,28);1-12,21H,20H2;1-3H2,(H,5,6);1H3,(H,3,4);/t22-;20-;;;;/m00..../s1. The highest BCUT2D eigenvalue weighted by Gasteiger charge is 2.29. The zero-order valence-corrected chi connectivity index (χ0v) is 50.7. The molecule has 8 N–H and O–H groups in total. The molecule has 0 bridgehead atoms. The number of carbonyl (C=O) groups is 5. The number of aromatic nitrogens is 2. The number of amides is 3. The van der Waals surface area contributed by atoms with Crippen molar-refractivity contribution in [2.45, 2.75) is 64.0 Å². The lowest BCUT2D eigenvalue weighted by atomic mass is 10.0. The van der Waals surface area contributed by atoms with E-state index in [9.17, 15) is 32.3 Å². The first-order chi connectivity index (χ1) is 45.5. The molecule has 3 amide bonds. The molecule has 0 radical (unpaired) electrons. The molecule has 13 rings (SSSR count). The summed E-state index contributed by atoms with van der Waals surface area (Å²) in [5.74, 6) is 2.98. The Morgan fingerprint density at radius 3 is 1.43 bits per heavy atom. The number of nitrogens with one attached hydrogen (secondary N) is 5. The van der Waals surface area contributed by atoms with E-state index >= 15 is 0 Å². The number of ketones is 1. The average Bonchev–Trinajstić information content (AvgIpc) is 1.62. The van der Waals surface area contributed by atoms with Gasteiger partial charge in [-0.05, 0) is 201 Å². The maximum Gasteiger partial charge on any atom is 0.373 e. The number of para-hydroxylation sites is 5. The van der Waals surface area contributed by atoms with Crippen molar-refractivity contribution in [1.29, 1.82) is 0 Å². The molecule has 0 unspecified atom stereocenters. The number of carboxylic acids is 1. The molecule has 10 aromatic rings. The molecular weight excluding hydrogens is 1210 g/mol. The number of carboxylic acid groups (broad SMARTS) is 1. The molecule has 94 heavy (non-hydrogen) atoms. The second-order valence-electron chi connectivity index (χ2n) is 21.0. The minimum Gasteiger partial charge on any atom is -0.481 e. The number of nitrogens with zero attached hydrogens (tertiary/aromatic N) is 2. The number of hydrogen-bond acceptors (Lipinski definition) is 14. The van der Waals surface area contributed by atoms with Gasteiger partial charge in [0.1, 0.15) is 57.8 Å². The van der Waals surface area contributed by atoms with E-state index < -0.39 is 12.0 Å². The topological polar surface area (TPSA) is 271 Å². The Morgan fingerprint density at radius 2 is 0.989 bits per heavy atom. The van der Waals surface area contributed by atoms with Crippen LogP contribution in [0.5, 0.6) is 34.5 Å². The first kappa shape index (κ1) is 67.9. The molecule has 22 heteroatoms. The van der Waals surface area contributed by atoms with E-state index in [0.29, 0.717) is 59.4 Å². The van der Waals surface area contributed by atoms with Gasteiger partial charge < -0.3 is 51.6 Å². The van der Waals surface area contributed by atoms with E-state index in [0.717, 1.165) is 83.6 Å². The first-order valence-corrected chi connectivity index (χ1v) is 29.6. The Morgan fingerprint density at radius 1 is 0.564 bits per heavy atom. The van der Waals surface area contributed by atoms with Crippen molar-refractivity contribution < 1.29 is 66.1 Å². The van der Waals surface area contributed by atoms with Crippen molar-refractivity contribution in [1.82, 2.24) is 25.5 Å². The number of aliphatic carboxylic acids is 1. The summed E-state index contributed by atoms with van der Waals surface area (Å²) in [6, 6.07) is 62.7. The normalized spacial score (nSPS) is 14.0. The van der Waals surface area contributed by atoms with Crippen LogP contribution in [0.2, 0.25) is 0 Å². The number of nitrogens with two attached hydrogens (primary N) is 1. The second-order valence-corrected chi connectivity index (χ2v) is 21.0. The first-order valence-electron chi connectivity index (χ1n) is 29.6. The fourth-order valence-corrected chi connectivity index (χ4v) is 9.60. The van der Waals surface area contributed by atoms with E-state index in [1.54, 1.807) is 36.4 Å². The Hall–Kier alpha value is -12.0. The highest BCUT2D eigenvalue weighted by molar-refractivity contribution is 5.94. The molecule has 3 aliphatic heterocycles. The van der Waals surface area contributed by atoms with Crippen LogP contribution < -0.4 is 46.5 Å². The third-order valence-electron chi connectivity index (χ3n) is 14.0. The van der Waals surface area contributed by atoms with Crippen molar-refractivity contribution in [3.63, 3.8) is 0 Å². The number of halogens is 3. The van der Waals surface area contributed by atoms with E-state index in [1.807, 2.05) is 146 Å². The maximum absolute atomic E-state index is 13.1. The molecule has 0 aliphatic carbocycles. The molecule has 3 aliphatic rings. The summed E-state index contributed by atoms with van der Waals surface area (Å²) >= 11 is 0. The molecule has 19 nitrogen and oxygen atoms in total. The van der Waals surface area contributed by atoms with Gasteiger partial charge in [-0.1, -0.05) is 42.5 Å². The number of fused-ring (bicyclic) bond motifs is 1. The third kappa shape index (κ3) is 21.0. The monoisotopic (exact) mass is 1270 g/mol. The zero-order valence-electron chi connectivity index (χ0n) is 50.7. The predicted molar refractivity (Wildman–Crippen MR) is 348 cm³/mol. The predicted octanol–water partition coefficient (Wildman–Crippen LogP) is 14.0. The molecule has 0 spiro atoms. The van der Waals surface area contributed by atoms with E-state index in [4.69, 9.17) is 44.4 Å². The third-order valence-corrected chi connectivity index (χ3v) is 14.0. The highest BCUT2D eigenvalue weighted by atomic mass is 19.1. The summed E-state index contributed by atoms with van der Waals surface area (Å²) in [6.45, 7) is 1.97. The summed E-state index contributed by atoms with van der Waals surface area (Å²) in [7, 11) is 0. The van der Waals surface area contributed by atoms with Crippen LogP contribution in [0.3, 0.4) is 0 Å². The van der Waals surface area contributed by atoms with Crippen LogP contribution in [0, 0.1) is 17.5 Å². The minimum atomic E-state index is -0.833. The lowest BCUT2D eigenvalue weighted by Gasteiger charge is -2.14. The van der Waals surface area contributed by atoms with Crippen LogP contribution in [0.15, 0.2) is 218 Å². The number of imidazole rings is 1. The van der Waals surface area contributed by atoms with Crippen molar-refractivity contribution in [3.05, 3.63) is 247 Å². The highest BCUT2D eigenvalue weighted by Crippen LogP contribution is 2.33. The van der Waals surface area contributed by atoms with Gasteiger partial charge in [-0.25, -0.2) is 18.2 Å². The van der Waals surface area contributed by atoms with Crippen LogP contribution >= 0.6 is 0 Å². The van der Waals surface area contributed by atoms with Crippen LogP contribution in [-0.2, 0) is 40.0 Å². The summed E-state index contributed by atoms with van der Waals surface area (Å²) in [4.78, 5) is 75.8. The molecule has 4 heterocycles. The van der Waals surface area contributed by atoms with Crippen molar-refractivity contribution in [3.8, 4) is 40.2 Å². The van der Waals surface area contributed by atoms with Gasteiger partial charge in [0.2, 0.25) is 17.7 Å². The fourth-order valence-electron chi connectivity index (χ4n) is 9.60. The van der Waals surface area contributed by atoms with E-state index in [1.165, 1.54) is 36.4 Å². The smallest absolute Gasteiger partial charge is 0.373 e. The van der Waals surface area contributed by atoms with Gasteiger partial charge in [-0.3, -0.25) is 28.5 Å². The number of carbonyl (C=O) groups excluding carboxylic acids is 6. The molecule has 1 aromatic heterocycles. The number of Topliss-reactive ketones (excluding diaryl/α,β-unsaturated/α-hetero) is 1. The molecule has 3 fully saturated rings. The van der Waals surface area contributed by atoms with E-state index in [2.05, 4.69) is 31.2 Å². The molecular formula is C72H65F3N8O11. The summed E-state index contributed by atoms with van der Waals surface area (Å²) in [6.07, 6.45) is 4.47. The Labute approximate surface area is 538 Å². The van der Waals surface area contributed by atoms with Gasteiger partial charge in [0.25, 0.3) is 5.97 Å². The molecule has 480 valence electrons. The fraction of sp³-hybridized carbons (Fsp3) is 0.153. The van der Waals surface area contributed by atoms with Gasteiger partial charge in [-0.15, -0.1) is 0 Å². The van der Waals surface area contributed by atoms with Crippen LogP contribution in [0.1, 0.15) is 62.9 Å². The average molecular weight is 1280 g/mol. The van der Waals surface area contributed by atoms with Crippen molar-refractivity contribution in [2.75, 3.05) is 22.9 Å². The van der Waals surface area contributed by atoms with Crippen LogP contribution in [-0.4, -0.2) is 62.9 Å². The molecule has 2 atom stereocenters. The Bertz CT molecular complexity index is 4180. The summed E-state index contributed by atoms with van der Waals surface area (Å²) < 4.78 is 58.1. The largest absolute Gasteiger partial charge is 0.481 e. The lowest BCUT2D eigenvalue weighted by molar-refractivity contribution is -0.191. The molecule has 3 saturated heterocycles. The number of anilines is 5. The Kier molecular flexibility index (Phi) is 24.7. The van der Waals surface area contributed by atoms with E-state index in [-0.39, 0.29) is 59.6 Å². The number of rotatable bonds is 15. The second kappa shape index (κ2) is 34.2. The number of benzene rings is 9. The quantitative estimate of drug-likeness (QED) is 0.0470. The lowest BCUT2D eigenvalue weighted by Crippen LogP contribution is -2.34. The molecule has 0 saturated carbocycles. The van der Waals surface area contributed by atoms with Crippen molar-refractivity contribution in [2.24, 2.45) is 0 Å². The minimum absolute atomic E-state index is 0.0122. The van der Waals surface area contributed by atoms with Gasteiger partial charge in [0, 0.05) is 61.9 Å². The van der Waals surface area contributed by atoms with Crippen LogP contribution in [0.25, 0.3) is 16.7 Å². The maximum atomic E-state index is 13.1. The SMILES string of the molecule is CC(=O)O.Nc1ccccc1Nc1ccc(Oc2ccc(F)cc2)cc1.O=C1CCCN1.O=C1CC[C@@H](C(=O)Cc2ccccc2Nc2ccc(Oc3ccc(F)cc3)cc2)N1.O=C1CC[C@@H](c2nc3ccccc3n2-c2ccc(Oc3ccc(F)cc3)cc2)N1.O=C=O. The number of nitrogen functional groups attached to an aromatic ring is 1. The number of ether oxygens (including phenoxy) is 3. The summed E-state index contributed by atoms with van der Waals surface area (Å²) in [5.41, 5.74) is 13.7. The Balaban J connectivity index is 0.000000166. The molecule has 9 aromatic carbocycles. The van der Waals surface area contributed by atoms with Gasteiger partial charge >= 0.3 is 6.15 Å². The number of hydrogen-bond donors (Lipinski definition) is 7. The van der Waals surface area contributed by atoms with Gasteiger partial charge in [0.05, 0.1) is 34.5 Å². The van der Waals surface area contributed by atoms with Gasteiger partial charge in [-0.2, -0.15) is 9.59 Å². The zero-order chi connectivity index (χ0) is 66.8. The summed E-state index contributed by atoms with van der Waals surface area (Å²) in [5, 5.41) is 22.4.